The Balaban J connectivity index is 2.15. The fourth-order valence-electron chi connectivity index (χ4n) is 2.95. The second-order valence-corrected chi connectivity index (χ2v) is 6.62. The fraction of sp³-hybridized carbons (Fsp3) is 0.350. The molecule has 2 aromatic rings. The molecule has 24 heavy (non-hydrogen) atoms. The fourth-order valence-corrected chi connectivity index (χ4v) is 2.95. The summed E-state index contributed by atoms with van der Waals surface area (Å²) in [5.74, 6) is -0.00831. The van der Waals surface area contributed by atoms with Crippen molar-refractivity contribution < 1.29 is 15.0 Å². The Morgan fingerprint density at radius 2 is 1.46 bits per heavy atom. The summed E-state index contributed by atoms with van der Waals surface area (Å²) in [4.78, 5) is 14.4. The number of hydrogen-bond donors (Lipinski definition) is 2. The third-order valence-corrected chi connectivity index (χ3v) is 4.15. The molecule has 0 saturated carbocycles. The molecule has 0 saturated heterocycles. The van der Waals surface area contributed by atoms with Crippen molar-refractivity contribution in [3.63, 3.8) is 0 Å². The lowest BCUT2D eigenvalue weighted by Gasteiger charge is -2.32. The van der Waals surface area contributed by atoms with Gasteiger partial charge in [0, 0.05) is 23.1 Å². The maximum atomic E-state index is 12.4. The van der Waals surface area contributed by atoms with E-state index in [1.807, 2.05) is 49.3 Å². The average molecular weight is 327 g/mol. The van der Waals surface area contributed by atoms with E-state index in [-0.39, 0.29) is 19.0 Å². The zero-order valence-electron chi connectivity index (χ0n) is 14.3. The van der Waals surface area contributed by atoms with Gasteiger partial charge in [-0.1, -0.05) is 54.6 Å². The highest BCUT2D eigenvalue weighted by Crippen LogP contribution is 2.24. The van der Waals surface area contributed by atoms with Crippen LogP contribution in [0.1, 0.15) is 21.5 Å². The molecule has 0 spiro atoms. The highest BCUT2D eigenvalue weighted by atomic mass is 16.3. The summed E-state index contributed by atoms with van der Waals surface area (Å²) in [6, 6.07) is 16.6. The summed E-state index contributed by atoms with van der Waals surface area (Å²) in [7, 11) is 3.84. The number of aliphatic hydroxyl groups is 2. The van der Waals surface area contributed by atoms with Gasteiger partial charge in [-0.2, -0.15) is 0 Å². The van der Waals surface area contributed by atoms with Gasteiger partial charge in [0.05, 0.1) is 13.2 Å². The van der Waals surface area contributed by atoms with Crippen molar-refractivity contribution in [1.82, 2.24) is 4.90 Å². The minimum Gasteiger partial charge on any atom is -0.396 e. The lowest BCUT2D eigenvalue weighted by atomic mass is 9.82. The Hall–Kier alpha value is -2.01. The molecule has 2 N–H and O–H groups in total. The monoisotopic (exact) mass is 327 g/mol. The highest BCUT2D eigenvalue weighted by molar-refractivity contribution is 6.08. The number of ketones is 1. The molecule has 0 radical (unpaired) electrons. The first-order valence-corrected chi connectivity index (χ1v) is 8.05. The zero-order valence-corrected chi connectivity index (χ0v) is 14.3. The van der Waals surface area contributed by atoms with Crippen molar-refractivity contribution >= 4 is 5.78 Å². The number of rotatable bonds is 8. The largest absolute Gasteiger partial charge is 0.396 e. The van der Waals surface area contributed by atoms with Crippen LogP contribution in [0.2, 0.25) is 0 Å². The molecule has 4 nitrogen and oxygen atoms in total. The summed E-state index contributed by atoms with van der Waals surface area (Å²) in [6.45, 7) is 0.406. The number of aliphatic hydroxyl groups excluding tert-OH is 2. The maximum absolute atomic E-state index is 12.4. The first-order chi connectivity index (χ1) is 11.5. The molecule has 0 aliphatic heterocycles. The number of carbonyl (C=O) groups excluding carboxylic acids is 1. The van der Waals surface area contributed by atoms with Crippen LogP contribution in [-0.4, -0.2) is 54.8 Å². The lowest BCUT2D eigenvalue weighted by Crippen LogP contribution is -2.41. The minimum atomic E-state index is -0.589. The molecule has 0 aliphatic carbocycles. The number of benzene rings is 2. The van der Waals surface area contributed by atoms with Crippen molar-refractivity contribution in [2.24, 2.45) is 5.41 Å². The van der Waals surface area contributed by atoms with Gasteiger partial charge in [-0.25, -0.2) is 0 Å². The Morgan fingerprint density at radius 1 is 0.917 bits per heavy atom. The standard InChI is InChI=1S/C20H25NO3/c1-21(2)13-20(14-22,15-23)12-16-8-10-18(11-9-16)19(24)17-6-4-3-5-7-17/h3-11,22-23H,12-15H2,1-2H3. The van der Waals surface area contributed by atoms with E-state index in [9.17, 15) is 15.0 Å². The van der Waals surface area contributed by atoms with Gasteiger partial charge in [0.15, 0.2) is 5.78 Å². The van der Waals surface area contributed by atoms with E-state index in [1.165, 1.54) is 0 Å². The molecule has 0 aromatic heterocycles. The number of carbonyl (C=O) groups is 1. The normalized spacial score (nSPS) is 11.7. The first-order valence-electron chi connectivity index (χ1n) is 8.05. The molecule has 0 heterocycles. The SMILES string of the molecule is CN(C)CC(CO)(CO)Cc1ccc(C(=O)c2ccccc2)cc1. The summed E-state index contributed by atoms with van der Waals surface area (Å²) in [5, 5.41) is 19.5. The van der Waals surface area contributed by atoms with Crippen LogP contribution in [0.25, 0.3) is 0 Å². The quantitative estimate of drug-likeness (QED) is 0.728. The lowest BCUT2D eigenvalue weighted by molar-refractivity contribution is 0.0330. The van der Waals surface area contributed by atoms with Gasteiger partial charge in [-0.3, -0.25) is 4.79 Å². The molecule has 128 valence electrons. The van der Waals surface area contributed by atoms with E-state index in [4.69, 9.17) is 0 Å². The van der Waals surface area contributed by atoms with Gasteiger partial charge in [0.25, 0.3) is 0 Å². The van der Waals surface area contributed by atoms with E-state index < -0.39 is 5.41 Å². The smallest absolute Gasteiger partial charge is 0.193 e. The second-order valence-electron chi connectivity index (χ2n) is 6.62. The van der Waals surface area contributed by atoms with Crippen molar-refractivity contribution in [2.45, 2.75) is 6.42 Å². The van der Waals surface area contributed by atoms with Crippen LogP contribution < -0.4 is 0 Å². The van der Waals surface area contributed by atoms with Gasteiger partial charge in [0.2, 0.25) is 0 Å². The Labute approximate surface area is 143 Å². The van der Waals surface area contributed by atoms with Crippen molar-refractivity contribution in [1.29, 1.82) is 0 Å². The summed E-state index contributed by atoms with van der Waals surface area (Å²) >= 11 is 0. The molecule has 2 aromatic carbocycles. The molecule has 0 amide bonds. The number of hydrogen-bond acceptors (Lipinski definition) is 4. The summed E-state index contributed by atoms with van der Waals surface area (Å²) < 4.78 is 0. The van der Waals surface area contributed by atoms with Gasteiger partial charge in [0.1, 0.15) is 0 Å². The van der Waals surface area contributed by atoms with E-state index in [1.54, 1.807) is 24.3 Å². The molecule has 0 aliphatic rings. The van der Waals surface area contributed by atoms with E-state index in [2.05, 4.69) is 0 Å². The van der Waals surface area contributed by atoms with Crippen LogP contribution in [0, 0.1) is 5.41 Å². The van der Waals surface area contributed by atoms with E-state index in [0.717, 1.165) is 5.56 Å². The zero-order chi connectivity index (χ0) is 17.6. The van der Waals surface area contributed by atoms with E-state index in [0.29, 0.717) is 24.1 Å². The van der Waals surface area contributed by atoms with Crippen LogP contribution >= 0.6 is 0 Å². The van der Waals surface area contributed by atoms with Crippen LogP contribution in [0.3, 0.4) is 0 Å². The molecule has 2 rings (SSSR count). The molecule has 0 atom stereocenters. The van der Waals surface area contributed by atoms with Crippen LogP contribution in [0.15, 0.2) is 54.6 Å². The molecule has 0 bridgehead atoms. The Bertz CT molecular complexity index is 646. The third-order valence-electron chi connectivity index (χ3n) is 4.15. The van der Waals surface area contributed by atoms with Gasteiger partial charge in [-0.15, -0.1) is 0 Å². The maximum Gasteiger partial charge on any atom is 0.193 e. The van der Waals surface area contributed by atoms with Gasteiger partial charge >= 0.3 is 0 Å². The third kappa shape index (κ3) is 4.51. The van der Waals surface area contributed by atoms with Crippen molar-refractivity contribution in [3.8, 4) is 0 Å². The molecule has 0 unspecified atom stereocenters. The van der Waals surface area contributed by atoms with Gasteiger partial charge in [-0.05, 0) is 26.1 Å². The van der Waals surface area contributed by atoms with Crippen LogP contribution in [-0.2, 0) is 6.42 Å². The topological polar surface area (TPSA) is 60.8 Å². The van der Waals surface area contributed by atoms with Gasteiger partial charge < -0.3 is 15.1 Å². The predicted molar refractivity (Wildman–Crippen MR) is 95.2 cm³/mol. The average Bonchev–Trinajstić information content (AvgIpc) is 2.61. The molecule has 4 heteroatoms. The molecular weight excluding hydrogens is 302 g/mol. The van der Waals surface area contributed by atoms with Crippen molar-refractivity contribution in [2.75, 3.05) is 33.9 Å². The molecule has 0 fully saturated rings. The number of nitrogens with zero attached hydrogens (tertiary/aromatic N) is 1. The minimum absolute atomic E-state index is 0.00831. The first kappa shape index (κ1) is 18.3. The predicted octanol–water partition coefficient (Wildman–Crippen LogP) is 1.99. The van der Waals surface area contributed by atoms with Crippen LogP contribution in [0.5, 0.6) is 0 Å². The Morgan fingerprint density at radius 3 is 1.96 bits per heavy atom. The summed E-state index contributed by atoms with van der Waals surface area (Å²) in [6.07, 6.45) is 0.554. The van der Waals surface area contributed by atoms with E-state index >= 15 is 0 Å². The highest BCUT2D eigenvalue weighted by Gasteiger charge is 2.30. The molecular formula is C20H25NO3. The summed E-state index contributed by atoms with van der Waals surface area (Å²) in [5.41, 5.74) is 1.70. The second kappa shape index (κ2) is 8.20. The van der Waals surface area contributed by atoms with Crippen molar-refractivity contribution in [3.05, 3.63) is 71.3 Å². The van der Waals surface area contributed by atoms with Crippen LogP contribution in [0.4, 0.5) is 0 Å². The Kier molecular flexibility index (Phi) is 6.26.